The third kappa shape index (κ3) is 2.98. The van der Waals surface area contributed by atoms with E-state index in [-0.39, 0.29) is 5.82 Å². The van der Waals surface area contributed by atoms with Gasteiger partial charge in [-0.05, 0) is 42.7 Å². The van der Waals surface area contributed by atoms with Gasteiger partial charge in [0.1, 0.15) is 5.82 Å². The number of halogens is 1. The average molecular weight is 347 g/mol. The van der Waals surface area contributed by atoms with Crippen LogP contribution >= 0.6 is 11.8 Å². The van der Waals surface area contributed by atoms with E-state index in [4.69, 9.17) is 4.98 Å². The van der Waals surface area contributed by atoms with E-state index < -0.39 is 0 Å². The topological polar surface area (TPSA) is 38.7 Å². The van der Waals surface area contributed by atoms with Gasteiger partial charge in [0.05, 0.1) is 17.1 Å². The zero-order valence-corrected chi connectivity index (χ0v) is 14.3. The second-order valence-corrected chi connectivity index (χ2v) is 6.25. The van der Waals surface area contributed by atoms with Crippen molar-refractivity contribution in [2.75, 3.05) is 6.26 Å². The lowest BCUT2D eigenvalue weighted by molar-refractivity contribution is 0.628. The molecule has 1 aromatic carbocycles. The minimum atomic E-state index is -0.264. The van der Waals surface area contributed by atoms with Gasteiger partial charge in [0, 0.05) is 22.9 Å². The maximum absolute atomic E-state index is 13.3. The van der Waals surface area contributed by atoms with Crippen LogP contribution in [0.5, 0.6) is 0 Å². The Labute approximate surface area is 149 Å². The molecular weight excluding hydrogens is 333 g/mol. The highest BCUT2D eigenvalue weighted by Gasteiger charge is 2.21. The summed E-state index contributed by atoms with van der Waals surface area (Å²) in [4.78, 5) is 13.7. The number of benzene rings is 1. The van der Waals surface area contributed by atoms with Crippen LogP contribution in [0.4, 0.5) is 4.39 Å². The Kier molecular flexibility index (Phi) is 4.15. The SMILES string of the molecule is CSc1nccc(-c2c3cccccc-3nc2-c2ccc(F)cc2)n1. The fraction of sp³-hybridized carbons (Fsp3) is 0.0500. The first-order valence-electron chi connectivity index (χ1n) is 7.78. The van der Waals surface area contributed by atoms with Crippen molar-refractivity contribution in [1.29, 1.82) is 0 Å². The molecule has 122 valence electrons. The molecule has 2 aliphatic rings. The lowest BCUT2D eigenvalue weighted by atomic mass is 10.0. The van der Waals surface area contributed by atoms with Crippen LogP contribution in [0, 0.1) is 5.82 Å². The zero-order valence-electron chi connectivity index (χ0n) is 13.5. The number of thioether (sulfide) groups is 1. The van der Waals surface area contributed by atoms with Gasteiger partial charge in [-0.2, -0.15) is 0 Å². The van der Waals surface area contributed by atoms with Crippen molar-refractivity contribution in [2.45, 2.75) is 5.16 Å². The molecule has 5 heteroatoms. The van der Waals surface area contributed by atoms with Gasteiger partial charge in [-0.1, -0.05) is 36.0 Å². The van der Waals surface area contributed by atoms with E-state index >= 15 is 0 Å². The van der Waals surface area contributed by atoms with Gasteiger partial charge in [0.2, 0.25) is 0 Å². The number of aromatic nitrogens is 3. The van der Waals surface area contributed by atoms with Gasteiger partial charge in [-0.25, -0.2) is 19.3 Å². The molecule has 4 rings (SSSR count). The molecule has 0 atom stereocenters. The molecule has 0 N–H and O–H groups in total. The summed E-state index contributed by atoms with van der Waals surface area (Å²) in [7, 11) is 0. The van der Waals surface area contributed by atoms with Crippen LogP contribution in [0.25, 0.3) is 33.8 Å². The summed E-state index contributed by atoms with van der Waals surface area (Å²) in [6, 6.07) is 18.2. The Morgan fingerprint density at radius 1 is 0.840 bits per heavy atom. The Hall–Kier alpha value is -2.79. The predicted molar refractivity (Wildman–Crippen MR) is 99.1 cm³/mol. The van der Waals surface area contributed by atoms with Crippen molar-refractivity contribution in [2.24, 2.45) is 0 Å². The molecule has 0 amide bonds. The number of hydrogen-bond donors (Lipinski definition) is 0. The summed E-state index contributed by atoms with van der Waals surface area (Å²) in [6.07, 6.45) is 3.70. The van der Waals surface area contributed by atoms with Gasteiger partial charge in [-0.15, -0.1) is 0 Å². The van der Waals surface area contributed by atoms with E-state index in [1.165, 1.54) is 23.9 Å². The van der Waals surface area contributed by atoms with Crippen LogP contribution in [0.2, 0.25) is 0 Å². The molecule has 0 radical (unpaired) electrons. The fourth-order valence-electron chi connectivity index (χ4n) is 2.80. The highest BCUT2D eigenvalue weighted by atomic mass is 32.2. The molecule has 0 saturated heterocycles. The zero-order chi connectivity index (χ0) is 17.2. The molecule has 1 aromatic heterocycles. The number of rotatable bonds is 3. The largest absolute Gasteiger partial charge is 0.247 e. The normalized spacial score (nSPS) is 11.0. The minimum absolute atomic E-state index is 0.264. The van der Waals surface area contributed by atoms with Gasteiger partial charge < -0.3 is 0 Å². The molecule has 0 bridgehead atoms. The van der Waals surface area contributed by atoms with E-state index in [9.17, 15) is 4.39 Å². The van der Waals surface area contributed by atoms with Crippen LogP contribution in [0.15, 0.2) is 72.0 Å². The van der Waals surface area contributed by atoms with Gasteiger partial charge in [0.15, 0.2) is 5.16 Å². The fourth-order valence-corrected chi connectivity index (χ4v) is 3.16. The van der Waals surface area contributed by atoms with Crippen molar-refractivity contribution >= 4 is 11.8 Å². The van der Waals surface area contributed by atoms with Crippen molar-refractivity contribution in [3.05, 3.63) is 72.7 Å². The summed E-state index contributed by atoms with van der Waals surface area (Å²) >= 11 is 1.49. The van der Waals surface area contributed by atoms with E-state index in [0.29, 0.717) is 5.16 Å². The molecule has 0 fully saturated rings. The monoisotopic (exact) mass is 347 g/mol. The number of nitrogens with zero attached hydrogens (tertiary/aromatic N) is 3. The molecule has 25 heavy (non-hydrogen) atoms. The van der Waals surface area contributed by atoms with Crippen LogP contribution in [-0.4, -0.2) is 21.2 Å². The van der Waals surface area contributed by atoms with Crippen molar-refractivity contribution in [3.63, 3.8) is 0 Å². The van der Waals surface area contributed by atoms with E-state index in [2.05, 4.69) is 9.97 Å². The highest BCUT2D eigenvalue weighted by molar-refractivity contribution is 7.98. The third-order valence-electron chi connectivity index (χ3n) is 3.94. The predicted octanol–water partition coefficient (Wildman–Crippen LogP) is 5.17. The quantitative estimate of drug-likeness (QED) is 0.378. The summed E-state index contributed by atoms with van der Waals surface area (Å²) in [5, 5.41) is 0.706. The second kappa shape index (κ2) is 6.61. The average Bonchev–Trinajstić information content (AvgIpc) is 2.85. The third-order valence-corrected chi connectivity index (χ3v) is 4.51. The molecule has 0 spiro atoms. The summed E-state index contributed by atoms with van der Waals surface area (Å²) in [6.45, 7) is 0. The van der Waals surface area contributed by atoms with E-state index in [1.54, 1.807) is 18.3 Å². The lowest BCUT2D eigenvalue weighted by Crippen LogP contribution is -1.91. The number of fused-ring (bicyclic) bond motifs is 1. The van der Waals surface area contributed by atoms with Crippen LogP contribution in [0.3, 0.4) is 0 Å². The summed E-state index contributed by atoms with van der Waals surface area (Å²) < 4.78 is 13.3. The molecule has 0 unspecified atom stereocenters. The molecule has 2 heterocycles. The first-order chi connectivity index (χ1) is 12.3. The Morgan fingerprint density at radius 2 is 1.64 bits per heavy atom. The van der Waals surface area contributed by atoms with Crippen molar-refractivity contribution in [1.82, 2.24) is 15.0 Å². The Bertz CT molecular complexity index is 1000. The molecule has 1 aliphatic heterocycles. The molecule has 0 saturated carbocycles. The first kappa shape index (κ1) is 15.7. The molecule has 3 nitrogen and oxygen atoms in total. The number of hydrogen-bond acceptors (Lipinski definition) is 4. The van der Waals surface area contributed by atoms with Gasteiger partial charge in [-0.3, -0.25) is 0 Å². The lowest BCUT2D eigenvalue weighted by Gasteiger charge is -2.06. The Balaban J connectivity index is 2.01. The highest BCUT2D eigenvalue weighted by Crippen LogP contribution is 2.40. The molecule has 1 aliphatic carbocycles. The van der Waals surface area contributed by atoms with E-state index in [1.807, 2.05) is 42.7 Å². The Morgan fingerprint density at radius 3 is 2.44 bits per heavy atom. The first-order valence-corrected chi connectivity index (χ1v) is 9.01. The van der Waals surface area contributed by atoms with E-state index in [0.717, 1.165) is 33.8 Å². The second-order valence-electron chi connectivity index (χ2n) is 5.48. The minimum Gasteiger partial charge on any atom is -0.247 e. The summed E-state index contributed by atoms with van der Waals surface area (Å²) in [5.41, 5.74) is 5.30. The molecule has 2 aromatic rings. The van der Waals surface area contributed by atoms with Crippen LogP contribution in [-0.2, 0) is 0 Å². The smallest absolute Gasteiger partial charge is 0.187 e. The van der Waals surface area contributed by atoms with Gasteiger partial charge >= 0.3 is 0 Å². The summed E-state index contributed by atoms with van der Waals surface area (Å²) in [5.74, 6) is -0.264. The maximum Gasteiger partial charge on any atom is 0.187 e. The van der Waals surface area contributed by atoms with Crippen LogP contribution < -0.4 is 0 Å². The van der Waals surface area contributed by atoms with Crippen LogP contribution in [0.1, 0.15) is 0 Å². The molecular formula is C20H14FN3S. The van der Waals surface area contributed by atoms with Gasteiger partial charge in [0.25, 0.3) is 0 Å². The van der Waals surface area contributed by atoms with Crippen molar-refractivity contribution in [3.8, 4) is 33.8 Å². The van der Waals surface area contributed by atoms with Crippen molar-refractivity contribution < 1.29 is 4.39 Å². The standard InChI is InChI=1S/C20H14FN3S/c1-25-20-22-12-11-17(24-20)18-15-5-3-2-4-6-16(15)23-19(18)13-7-9-14(21)10-8-13/h2-12H,1H3. The maximum atomic E-state index is 13.3.